The van der Waals surface area contributed by atoms with E-state index in [0.717, 1.165) is 5.56 Å². The number of amides is 1. The van der Waals surface area contributed by atoms with Gasteiger partial charge in [0.25, 0.3) is 5.91 Å². The molecule has 0 aliphatic carbocycles. The highest BCUT2D eigenvalue weighted by Gasteiger charge is 2.22. The van der Waals surface area contributed by atoms with Crippen molar-refractivity contribution in [3.63, 3.8) is 0 Å². The number of rotatable bonds is 6. The van der Waals surface area contributed by atoms with E-state index in [1.165, 1.54) is 0 Å². The van der Waals surface area contributed by atoms with Gasteiger partial charge in [0.1, 0.15) is 5.75 Å². The van der Waals surface area contributed by atoms with Crippen molar-refractivity contribution in [1.29, 1.82) is 0 Å². The van der Waals surface area contributed by atoms with E-state index < -0.39 is 0 Å². The number of nitrogens with zero attached hydrogens (tertiary/aromatic N) is 3. The molecular formula is C20H20ClN3O3. The van der Waals surface area contributed by atoms with Crippen LogP contribution in [0.5, 0.6) is 5.75 Å². The molecule has 27 heavy (non-hydrogen) atoms. The Morgan fingerprint density at radius 2 is 1.78 bits per heavy atom. The number of benzene rings is 2. The van der Waals surface area contributed by atoms with E-state index >= 15 is 0 Å². The highest BCUT2D eigenvalue weighted by atomic mass is 35.5. The minimum Gasteiger partial charge on any atom is -0.497 e. The fourth-order valence-corrected chi connectivity index (χ4v) is 2.69. The molecule has 0 saturated carbocycles. The average Bonchev–Trinajstić information content (AvgIpc) is 3.14. The van der Waals surface area contributed by atoms with Gasteiger partial charge in [-0.1, -0.05) is 11.6 Å². The van der Waals surface area contributed by atoms with Crippen molar-refractivity contribution in [2.75, 3.05) is 7.11 Å². The van der Waals surface area contributed by atoms with Crippen molar-refractivity contribution in [2.45, 2.75) is 26.4 Å². The number of methoxy groups -OCH3 is 1. The zero-order chi connectivity index (χ0) is 19.4. The van der Waals surface area contributed by atoms with Crippen LogP contribution in [0.4, 0.5) is 0 Å². The summed E-state index contributed by atoms with van der Waals surface area (Å²) in [5.74, 6) is 1.35. The molecule has 6 nitrogen and oxygen atoms in total. The predicted molar refractivity (Wildman–Crippen MR) is 103 cm³/mol. The van der Waals surface area contributed by atoms with Crippen LogP contribution in [0, 0.1) is 0 Å². The Labute approximate surface area is 162 Å². The van der Waals surface area contributed by atoms with Gasteiger partial charge in [-0.25, -0.2) is 0 Å². The largest absolute Gasteiger partial charge is 0.497 e. The molecule has 0 spiro atoms. The number of carbonyl (C=O) groups is 1. The van der Waals surface area contributed by atoms with Crippen molar-refractivity contribution in [1.82, 2.24) is 15.1 Å². The van der Waals surface area contributed by atoms with Crippen molar-refractivity contribution in [3.05, 3.63) is 65.0 Å². The standard InChI is InChI=1S/C20H20ClN3O3/c1-13(2)24(20(25)15-6-10-17(26-3)11-7-15)12-18-22-23-19(27-18)14-4-8-16(21)9-5-14/h4-11,13H,12H2,1-3H3. The first-order valence-electron chi connectivity index (χ1n) is 8.51. The summed E-state index contributed by atoms with van der Waals surface area (Å²) in [6.07, 6.45) is 0. The Bertz CT molecular complexity index is 905. The summed E-state index contributed by atoms with van der Waals surface area (Å²) >= 11 is 5.90. The first-order chi connectivity index (χ1) is 13.0. The van der Waals surface area contributed by atoms with E-state index in [4.69, 9.17) is 20.8 Å². The summed E-state index contributed by atoms with van der Waals surface area (Å²) in [7, 11) is 1.59. The molecular weight excluding hydrogens is 366 g/mol. The minimum atomic E-state index is -0.112. The predicted octanol–water partition coefficient (Wildman–Crippen LogP) is 4.45. The SMILES string of the molecule is COc1ccc(C(=O)N(Cc2nnc(-c3ccc(Cl)cc3)o2)C(C)C)cc1. The smallest absolute Gasteiger partial charge is 0.254 e. The van der Waals surface area contributed by atoms with Gasteiger partial charge in [-0.15, -0.1) is 10.2 Å². The van der Waals surface area contributed by atoms with E-state index in [1.807, 2.05) is 26.0 Å². The summed E-state index contributed by atoms with van der Waals surface area (Å²) in [6, 6.07) is 14.1. The second kappa shape index (κ2) is 8.22. The topological polar surface area (TPSA) is 68.5 Å². The van der Waals surface area contributed by atoms with Crippen LogP contribution in [-0.2, 0) is 6.54 Å². The van der Waals surface area contributed by atoms with Crippen LogP contribution in [0.2, 0.25) is 5.02 Å². The van der Waals surface area contributed by atoms with Gasteiger partial charge in [0, 0.05) is 22.2 Å². The number of ether oxygens (including phenoxy) is 1. The van der Waals surface area contributed by atoms with Crippen LogP contribution in [0.15, 0.2) is 52.9 Å². The van der Waals surface area contributed by atoms with Crippen LogP contribution < -0.4 is 4.74 Å². The molecule has 3 rings (SSSR count). The molecule has 2 aromatic carbocycles. The first kappa shape index (κ1) is 18.9. The second-order valence-corrected chi connectivity index (χ2v) is 6.70. The van der Waals surface area contributed by atoms with Crippen molar-refractivity contribution in [2.24, 2.45) is 0 Å². The summed E-state index contributed by atoms with van der Waals surface area (Å²) in [4.78, 5) is 14.6. The Kier molecular flexibility index (Phi) is 5.76. The fraction of sp³-hybridized carbons (Fsp3) is 0.250. The number of hydrogen-bond donors (Lipinski definition) is 0. The zero-order valence-electron chi connectivity index (χ0n) is 15.3. The van der Waals surface area contributed by atoms with Crippen LogP contribution >= 0.6 is 11.6 Å². The molecule has 0 bridgehead atoms. The maximum atomic E-state index is 12.9. The molecule has 1 heterocycles. The molecule has 0 atom stereocenters. The molecule has 0 radical (unpaired) electrons. The van der Waals surface area contributed by atoms with Crippen LogP contribution in [0.1, 0.15) is 30.1 Å². The molecule has 0 saturated heterocycles. The van der Waals surface area contributed by atoms with Gasteiger partial charge in [0.2, 0.25) is 11.8 Å². The van der Waals surface area contributed by atoms with Crippen LogP contribution in [-0.4, -0.2) is 34.2 Å². The third kappa shape index (κ3) is 4.46. The molecule has 1 amide bonds. The molecule has 0 aliphatic rings. The van der Waals surface area contributed by atoms with Crippen molar-refractivity contribution >= 4 is 17.5 Å². The third-order valence-electron chi connectivity index (χ3n) is 4.08. The number of halogens is 1. The molecule has 0 aliphatic heterocycles. The molecule has 1 aromatic heterocycles. The van der Waals surface area contributed by atoms with Gasteiger partial charge in [0.05, 0.1) is 13.7 Å². The van der Waals surface area contributed by atoms with Gasteiger partial charge in [-0.2, -0.15) is 0 Å². The number of aromatic nitrogens is 2. The molecule has 140 valence electrons. The average molecular weight is 386 g/mol. The monoisotopic (exact) mass is 385 g/mol. The van der Waals surface area contributed by atoms with Crippen molar-refractivity contribution < 1.29 is 13.9 Å². The minimum absolute atomic E-state index is 0.0366. The maximum Gasteiger partial charge on any atom is 0.254 e. The quantitative estimate of drug-likeness (QED) is 0.627. The third-order valence-corrected chi connectivity index (χ3v) is 4.34. The van der Waals surface area contributed by atoms with Gasteiger partial charge >= 0.3 is 0 Å². The van der Waals surface area contributed by atoms with E-state index in [2.05, 4.69) is 10.2 Å². The van der Waals surface area contributed by atoms with Crippen LogP contribution in [0.25, 0.3) is 11.5 Å². The lowest BCUT2D eigenvalue weighted by Gasteiger charge is -2.25. The molecule has 0 N–H and O–H groups in total. The lowest BCUT2D eigenvalue weighted by molar-refractivity contribution is 0.0672. The fourth-order valence-electron chi connectivity index (χ4n) is 2.56. The lowest BCUT2D eigenvalue weighted by atomic mass is 10.1. The van der Waals surface area contributed by atoms with Crippen LogP contribution in [0.3, 0.4) is 0 Å². The lowest BCUT2D eigenvalue weighted by Crippen LogP contribution is -2.36. The van der Waals surface area contributed by atoms with E-state index in [1.54, 1.807) is 48.4 Å². The maximum absolute atomic E-state index is 12.9. The summed E-state index contributed by atoms with van der Waals surface area (Å²) in [5, 5.41) is 8.78. The van der Waals surface area contributed by atoms with Gasteiger partial charge in [0.15, 0.2) is 0 Å². The van der Waals surface area contributed by atoms with E-state index in [0.29, 0.717) is 28.1 Å². The number of hydrogen-bond acceptors (Lipinski definition) is 5. The molecule has 0 unspecified atom stereocenters. The normalized spacial score (nSPS) is 10.9. The zero-order valence-corrected chi connectivity index (χ0v) is 16.1. The highest BCUT2D eigenvalue weighted by molar-refractivity contribution is 6.30. The Morgan fingerprint density at radius 3 is 2.37 bits per heavy atom. The van der Waals surface area contributed by atoms with Gasteiger partial charge in [-0.05, 0) is 62.4 Å². The van der Waals surface area contributed by atoms with Gasteiger partial charge in [-0.3, -0.25) is 4.79 Å². The summed E-state index contributed by atoms with van der Waals surface area (Å²) < 4.78 is 10.9. The van der Waals surface area contributed by atoms with Crippen molar-refractivity contribution in [3.8, 4) is 17.2 Å². The highest BCUT2D eigenvalue weighted by Crippen LogP contribution is 2.22. The van der Waals surface area contributed by atoms with E-state index in [9.17, 15) is 4.79 Å². The molecule has 7 heteroatoms. The van der Waals surface area contributed by atoms with Gasteiger partial charge < -0.3 is 14.1 Å². The van der Waals surface area contributed by atoms with E-state index in [-0.39, 0.29) is 18.5 Å². The summed E-state index contributed by atoms with van der Waals surface area (Å²) in [6.45, 7) is 4.11. The Balaban J connectivity index is 1.78. The Hall–Kier alpha value is -2.86. The Morgan fingerprint density at radius 1 is 1.11 bits per heavy atom. The summed E-state index contributed by atoms with van der Waals surface area (Å²) in [5.41, 5.74) is 1.35. The second-order valence-electron chi connectivity index (χ2n) is 6.26. The molecule has 3 aromatic rings. The molecule has 0 fully saturated rings. The number of carbonyl (C=O) groups excluding carboxylic acids is 1. The first-order valence-corrected chi connectivity index (χ1v) is 8.89.